The molecule has 0 aliphatic rings. The summed E-state index contributed by atoms with van der Waals surface area (Å²) >= 11 is 4.64. The standard InChI is InChI=1S/C20H38S.2C3H8.C2H6/c1-7-9-10-11-12-13-14-15-17(3)19(18(4)21)20(5,6)16-8-2;2*1-3-2;1-2/h21H,3,7-16H2,1-2,4-6H3;2*3H2,1-2H3;1-2H3/b19-18+;;;. The van der Waals surface area contributed by atoms with E-state index < -0.39 is 0 Å². The first kappa shape index (κ1) is 36.2. The van der Waals surface area contributed by atoms with Crippen LogP contribution in [0.25, 0.3) is 0 Å². The molecular weight excluding hydrogens is 368 g/mol. The molecule has 0 rings (SSSR count). The van der Waals surface area contributed by atoms with Crippen LogP contribution >= 0.6 is 12.6 Å². The fourth-order valence-corrected chi connectivity index (χ4v) is 3.86. The van der Waals surface area contributed by atoms with Crippen LogP contribution in [0, 0.1) is 5.41 Å². The molecule has 0 radical (unpaired) electrons. The molecule has 0 saturated heterocycles. The average Bonchev–Trinajstić information content (AvgIpc) is 2.63. The van der Waals surface area contributed by atoms with Crippen LogP contribution in [0.5, 0.6) is 0 Å². The van der Waals surface area contributed by atoms with Crippen LogP contribution < -0.4 is 0 Å². The summed E-state index contributed by atoms with van der Waals surface area (Å²) in [5.74, 6) is 0. The molecular formula is C28H60S. The molecule has 0 aromatic rings. The van der Waals surface area contributed by atoms with Crippen molar-refractivity contribution in [2.75, 3.05) is 0 Å². The van der Waals surface area contributed by atoms with Gasteiger partial charge in [-0.05, 0) is 42.1 Å². The molecule has 29 heavy (non-hydrogen) atoms. The highest BCUT2D eigenvalue weighted by Gasteiger charge is 2.25. The van der Waals surface area contributed by atoms with Gasteiger partial charge < -0.3 is 0 Å². The minimum atomic E-state index is 0.207. The van der Waals surface area contributed by atoms with E-state index in [9.17, 15) is 0 Å². The Kier molecular flexibility index (Phi) is 34.8. The van der Waals surface area contributed by atoms with Gasteiger partial charge in [0.2, 0.25) is 0 Å². The van der Waals surface area contributed by atoms with Gasteiger partial charge in [0.05, 0.1) is 0 Å². The molecule has 0 aromatic heterocycles. The van der Waals surface area contributed by atoms with Crippen LogP contribution in [0.4, 0.5) is 0 Å². The summed E-state index contributed by atoms with van der Waals surface area (Å²) in [4.78, 5) is 1.15. The monoisotopic (exact) mass is 428 g/mol. The van der Waals surface area contributed by atoms with Gasteiger partial charge in [0.1, 0.15) is 0 Å². The molecule has 0 unspecified atom stereocenters. The first-order valence-corrected chi connectivity index (χ1v) is 13.2. The van der Waals surface area contributed by atoms with Crippen molar-refractivity contribution in [1.82, 2.24) is 0 Å². The van der Waals surface area contributed by atoms with Crippen molar-refractivity contribution in [3.63, 3.8) is 0 Å². The third-order valence-electron chi connectivity index (χ3n) is 4.35. The molecule has 0 heterocycles. The highest BCUT2D eigenvalue weighted by molar-refractivity contribution is 7.84. The van der Waals surface area contributed by atoms with Crippen molar-refractivity contribution in [3.05, 3.63) is 22.6 Å². The summed E-state index contributed by atoms with van der Waals surface area (Å²) in [7, 11) is 0. The van der Waals surface area contributed by atoms with Gasteiger partial charge in [0.25, 0.3) is 0 Å². The molecule has 0 bridgehead atoms. The Bertz CT molecular complexity index is 343. The SMILES string of the molecule is C=C(CCCCCCCCC)/C(=C(/C)S)C(C)(C)CCC.CC.CCC.CCC. The zero-order valence-corrected chi connectivity index (χ0v) is 23.5. The van der Waals surface area contributed by atoms with E-state index >= 15 is 0 Å². The number of allylic oxidation sites excluding steroid dienone is 3. The van der Waals surface area contributed by atoms with Crippen molar-refractivity contribution >= 4 is 12.6 Å². The minimum absolute atomic E-state index is 0.207. The van der Waals surface area contributed by atoms with Crippen molar-refractivity contribution in [3.8, 4) is 0 Å². The maximum Gasteiger partial charge on any atom is -0.00935 e. The first-order valence-electron chi connectivity index (χ1n) is 12.8. The highest BCUT2D eigenvalue weighted by atomic mass is 32.1. The number of hydrogen-bond acceptors (Lipinski definition) is 1. The molecule has 0 aliphatic heterocycles. The predicted octanol–water partition coefficient (Wildman–Crippen LogP) is 11.6. The third-order valence-corrected chi connectivity index (χ3v) is 4.57. The molecule has 0 atom stereocenters. The summed E-state index contributed by atoms with van der Waals surface area (Å²) in [5.41, 5.74) is 2.92. The van der Waals surface area contributed by atoms with E-state index in [1.807, 2.05) is 13.8 Å². The summed E-state index contributed by atoms with van der Waals surface area (Å²) in [6.45, 7) is 28.2. The Hall–Kier alpha value is -0.170. The van der Waals surface area contributed by atoms with Gasteiger partial charge in [-0.3, -0.25) is 0 Å². The molecule has 0 aromatic carbocycles. The van der Waals surface area contributed by atoms with Crippen molar-refractivity contribution in [1.29, 1.82) is 0 Å². The molecule has 0 nitrogen and oxygen atoms in total. The highest BCUT2D eigenvalue weighted by Crippen LogP contribution is 2.40. The van der Waals surface area contributed by atoms with E-state index in [1.165, 1.54) is 81.8 Å². The van der Waals surface area contributed by atoms with Crippen molar-refractivity contribution < 1.29 is 0 Å². The predicted molar refractivity (Wildman–Crippen MR) is 145 cm³/mol. The minimum Gasteiger partial charge on any atom is -0.148 e. The largest absolute Gasteiger partial charge is 0.148 e. The normalized spacial score (nSPS) is 11.0. The Balaban J connectivity index is -0.000000336. The van der Waals surface area contributed by atoms with Crippen LogP contribution in [0.2, 0.25) is 0 Å². The van der Waals surface area contributed by atoms with Crippen LogP contribution in [-0.4, -0.2) is 0 Å². The number of hydrogen-bond donors (Lipinski definition) is 1. The number of rotatable bonds is 12. The first-order chi connectivity index (χ1) is 13.7. The molecule has 178 valence electrons. The lowest BCUT2D eigenvalue weighted by molar-refractivity contribution is 0.403. The summed E-state index contributed by atoms with van der Waals surface area (Å²) in [5, 5.41) is 0. The fraction of sp³-hybridized carbons (Fsp3) is 0.857. The Morgan fingerprint density at radius 2 is 1.10 bits per heavy atom. The van der Waals surface area contributed by atoms with Gasteiger partial charge in [-0.15, -0.1) is 12.6 Å². The smallest absolute Gasteiger partial charge is 0.00935 e. The molecule has 0 fully saturated rings. The second kappa shape index (κ2) is 27.8. The molecule has 0 N–H and O–H groups in total. The topological polar surface area (TPSA) is 0 Å². The molecule has 1 heteroatoms. The second-order valence-electron chi connectivity index (χ2n) is 8.48. The lowest BCUT2D eigenvalue weighted by Crippen LogP contribution is -2.17. The van der Waals surface area contributed by atoms with Gasteiger partial charge in [-0.2, -0.15) is 0 Å². The van der Waals surface area contributed by atoms with Crippen LogP contribution in [0.15, 0.2) is 22.6 Å². The number of unbranched alkanes of at least 4 members (excludes halogenated alkanes) is 6. The molecule has 0 saturated carbocycles. The lowest BCUT2D eigenvalue weighted by atomic mass is 9.76. The van der Waals surface area contributed by atoms with Crippen molar-refractivity contribution in [2.24, 2.45) is 5.41 Å². The van der Waals surface area contributed by atoms with Crippen LogP contribution in [0.3, 0.4) is 0 Å². The van der Waals surface area contributed by atoms with E-state index in [1.54, 1.807) is 0 Å². The maximum absolute atomic E-state index is 4.64. The lowest BCUT2D eigenvalue weighted by Gasteiger charge is -2.30. The third kappa shape index (κ3) is 25.8. The Labute approximate surface area is 193 Å². The van der Waals surface area contributed by atoms with Crippen LogP contribution in [-0.2, 0) is 0 Å². The van der Waals surface area contributed by atoms with Gasteiger partial charge in [0.15, 0.2) is 0 Å². The van der Waals surface area contributed by atoms with E-state index in [4.69, 9.17) is 0 Å². The second-order valence-corrected chi connectivity index (χ2v) is 9.15. The van der Waals surface area contributed by atoms with E-state index in [2.05, 4.69) is 81.5 Å². The summed E-state index contributed by atoms with van der Waals surface area (Å²) in [6.07, 6.45) is 15.6. The van der Waals surface area contributed by atoms with Gasteiger partial charge in [-0.1, -0.05) is 139 Å². The quantitative estimate of drug-likeness (QED) is 0.178. The molecule has 0 amide bonds. The zero-order valence-electron chi connectivity index (χ0n) is 22.6. The molecule has 0 spiro atoms. The maximum atomic E-state index is 4.64. The molecule has 0 aliphatic carbocycles. The zero-order chi connectivity index (χ0) is 23.7. The van der Waals surface area contributed by atoms with Gasteiger partial charge in [-0.25, -0.2) is 0 Å². The van der Waals surface area contributed by atoms with Gasteiger partial charge >= 0.3 is 0 Å². The van der Waals surface area contributed by atoms with E-state index in [0.29, 0.717) is 0 Å². The summed E-state index contributed by atoms with van der Waals surface area (Å²) in [6, 6.07) is 0. The Morgan fingerprint density at radius 3 is 1.45 bits per heavy atom. The Morgan fingerprint density at radius 1 is 0.724 bits per heavy atom. The number of thiol groups is 1. The van der Waals surface area contributed by atoms with Crippen molar-refractivity contribution in [2.45, 2.75) is 153 Å². The van der Waals surface area contributed by atoms with Crippen LogP contribution in [0.1, 0.15) is 153 Å². The van der Waals surface area contributed by atoms with Gasteiger partial charge in [0, 0.05) is 0 Å². The average molecular weight is 429 g/mol. The fourth-order valence-electron chi connectivity index (χ4n) is 3.39. The summed E-state index contributed by atoms with van der Waals surface area (Å²) < 4.78 is 0. The van der Waals surface area contributed by atoms with E-state index in [0.717, 1.165) is 11.3 Å². The van der Waals surface area contributed by atoms with E-state index in [-0.39, 0.29) is 5.41 Å².